The predicted octanol–water partition coefficient (Wildman–Crippen LogP) is 3.78. The summed E-state index contributed by atoms with van der Waals surface area (Å²) < 4.78 is 30.2. The van der Waals surface area contributed by atoms with Crippen molar-refractivity contribution in [3.05, 3.63) is 47.3 Å². The van der Waals surface area contributed by atoms with Crippen LogP contribution in [0.25, 0.3) is 5.69 Å². The third kappa shape index (κ3) is 4.01. The van der Waals surface area contributed by atoms with Crippen LogP contribution in [0.1, 0.15) is 39.4 Å². The van der Waals surface area contributed by atoms with Gasteiger partial charge in [-0.15, -0.1) is 4.72 Å². The van der Waals surface area contributed by atoms with Gasteiger partial charge in [0.1, 0.15) is 10.6 Å². The van der Waals surface area contributed by atoms with E-state index in [-0.39, 0.29) is 10.8 Å². The number of rotatable bonds is 4. The minimum atomic E-state index is -1.20. The molecule has 2 rings (SSSR count). The van der Waals surface area contributed by atoms with Crippen LogP contribution in [0, 0.1) is 5.82 Å². The number of benzene rings is 1. The Balaban J connectivity index is 2.17. The maximum Gasteiger partial charge on any atom is 0.148 e. The molecule has 0 aliphatic rings. The third-order valence-corrected chi connectivity index (χ3v) is 4.99. The molecule has 0 fully saturated rings. The summed E-state index contributed by atoms with van der Waals surface area (Å²) in [6.45, 7) is 7.55. The Morgan fingerprint density at radius 3 is 2.68 bits per heavy atom. The fraction of sp³-hybridized carbons (Fsp3) is 0.400. The Morgan fingerprint density at radius 2 is 2.09 bits per heavy atom. The average Bonchev–Trinajstić information content (AvgIpc) is 2.87. The predicted molar refractivity (Wildman–Crippen MR) is 88.0 cm³/mol. The SMILES string of the molecule is C[C@H](N[S+]([O-])C(C)(C)C)c1cn(-c2ccc(Cl)cc2F)cn1. The molecule has 1 N–H and O–H groups in total. The summed E-state index contributed by atoms with van der Waals surface area (Å²) in [6.07, 6.45) is 3.24. The lowest BCUT2D eigenvalue weighted by Gasteiger charge is -2.25. The smallest absolute Gasteiger partial charge is 0.148 e. The second kappa shape index (κ2) is 6.58. The summed E-state index contributed by atoms with van der Waals surface area (Å²) in [5.74, 6) is -0.421. The highest BCUT2D eigenvalue weighted by Crippen LogP contribution is 2.22. The topological polar surface area (TPSA) is 52.9 Å². The molecule has 1 unspecified atom stereocenters. The van der Waals surface area contributed by atoms with Gasteiger partial charge in [-0.25, -0.2) is 9.37 Å². The average molecular weight is 344 g/mol. The van der Waals surface area contributed by atoms with Crippen LogP contribution in [0.5, 0.6) is 0 Å². The van der Waals surface area contributed by atoms with Crippen molar-refractivity contribution in [3.63, 3.8) is 0 Å². The van der Waals surface area contributed by atoms with Gasteiger partial charge in [-0.1, -0.05) is 11.6 Å². The molecule has 0 bridgehead atoms. The van der Waals surface area contributed by atoms with Crippen LogP contribution in [-0.2, 0) is 11.4 Å². The highest BCUT2D eigenvalue weighted by Gasteiger charge is 2.29. The first-order valence-corrected chi connectivity index (χ1v) is 8.38. The van der Waals surface area contributed by atoms with Crippen LogP contribution in [0.2, 0.25) is 5.02 Å². The van der Waals surface area contributed by atoms with E-state index in [4.69, 9.17) is 11.6 Å². The molecule has 4 nitrogen and oxygen atoms in total. The maximum absolute atomic E-state index is 13.9. The van der Waals surface area contributed by atoms with Crippen molar-refractivity contribution >= 4 is 23.0 Å². The molecule has 1 aromatic heterocycles. The molecule has 0 aliphatic carbocycles. The second-order valence-electron chi connectivity index (χ2n) is 6.02. The van der Waals surface area contributed by atoms with Crippen molar-refractivity contribution in [1.82, 2.24) is 14.3 Å². The van der Waals surface area contributed by atoms with Crippen molar-refractivity contribution in [2.75, 3.05) is 0 Å². The summed E-state index contributed by atoms with van der Waals surface area (Å²) in [4.78, 5) is 4.26. The van der Waals surface area contributed by atoms with Crippen LogP contribution in [0.3, 0.4) is 0 Å². The van der Waals surface area contributed by atoms with E-state index in [2.05, 4.69) is 9.71 Å². The first-order chi connectivity index (χ1) is 10.2. The lowest BCUT2D eigenvalue weighted by atomic mass is 10.2. The largest absolute Gasteiger partial charge is 0.598 e. The monoisotopic (exact) mass is 343 g/mol. The van der Waals surface area contributed by atoms with E-state index < -0.39 is 17.2 Å². The molecule has 1 aromatic carbocycles. The van der Waals surface area contributed by atoms with E-state index in [0.717, 1.165) is 0 Å². The fourth-order valence-corrected chi connectivity index (χ4v) is 2.74. The Bertz CT molecular complexity index is 656. The van der Waals surface area contributed by atoms with E-state index in [9.17, 15) is 8.94 Å². The molecule has 22 heavy (non-hydrogen) atoms. The standard InChI is InChI=1S/C15H19ClFN3OS/c1-10(19-22(21)15(2,3)4)13-8-20(9-18-13)14-6-5-11(16)7-12(14)17/h5-10,19H,1-4H3/t10-,22?/m0/s1. The highest BCUT2D eigenvalue weighted by atomic mass is 35.5. The molecule has 120 valence electrons. The normalized spacial score (nSPS) is 14.9. The molecule has 0 amide bonds. The van der Waals surface area contributed by atoms with Gasteiger partial charge in [-0.3, -0.25) is 0 Å². The van der Waals surface area contributed by atoms with Crippen molar-refractivity contribution < 1.29 is 8.94 Å². The van der Waals surface area contributed by atoms with Gasteiger partial charge < -0.3 is 9.12 Å². The lowest BCUT2D eigenvalue weighted by molar-refractivity contribution is 0.529. The zero-order valence-electron chi connectivity index (χ0n) is 12.9. The number of hydrogen-bond donors (Lipinski definition) is 1. The first kappa shape index (κ1) is 17.3. The zero-order valence-corrected chi connectivity index (χ0v) is 14.5. The van der Waals surface area contributed by atoms with Gasteiger partial charge in [0.15, 0.2) is 0 Å². The molecular formula is C15H19ClFN3OS. The molecule has 0 saturated carbocycles. The van der Waals surface area contributed by atoms with Crippen molar-refractivity contribution in [1.29, 1.82) is 0 Å². The van der Waals surface area contributed by atoms with Gasteiger partial charge in [0.2, 0.25) is 0 Å². The van der Waals surface area contributed by atoms with Gasteiger partial charge >= 0.3 is 0 Å². The van der Waals surface area contributed by atoms with Crippen LogP contribution < -0.4 is 4.72 Å². The van der Waals surface area contributed by atoms with E-state index in [1.807, 2.05) is 27.7 Å². The van der Waals surface area contributed by atoms with E-state index >= 15 is 0 Å². The molecule has 0 spiro atoms. The molecule has 2 atom stereocenters. The third-order valence-electron chi connectivity index (χ3n) is 3.07. The fourth-order valence-electron chi connectivity index (χ4n) is 1.78. The minimum Gasteiger partial charge on any atom is -0.598 e. The zero-order chi connectivity index (χ0) is 16.5. The highest BCUT2D eigenvalue weighted by molar-refractivity contribution is 7.90. The van der Waals surface area contributed by atoms with Gasteiger partial charge in [-0.2, -0.15) is 0 Å². The number of hydrogen-bond acceptors (Lipinski definition) is 3. The Morgan fingerprint density at radius 1 is 1.41 bits per heavy atom. The van der Waals surface area contributed by atoms with Crippen LogP contribution in [-0.4, -0.2) is 18.9 Å². The molecule has 0 saturated heterocycles. The van der Waals surface area contributed by atoms with Crippen molar-refractivity contribution in [2.45, 2.75) is 38.5 Å². The number of halogens is 2. The number of nitrogens with zero attached hydrogens (tertiary/aromatic N) is 2. The molecule has 1 heterocycles. The lowest BCUT2D eigenvalue weighted by Crippen LogP contribution is -2.40. The van der Waals surface area contributed by atoms with Gasteiger partial charge in [0.05, 0.1) is 23.8 Å². The number of nitrogens with one attached hydrogen (secondary N) is 1. The summed E-state index contributed by atoms with van der Waals surface area (Å²) in [6, 6.07) is 4.26. The van der Waals surface area contributed by atoms with Gasteiger partial charge in [0.25, 0.3) is 0 Å². The Labute approximate surface area is 138 Å². The van der Waals surface area contributed by atoms with Gasteiger partial charge in [-0.05, 0) is 45.9 Å². The second-order valence-corrected chi connectivity index (χ2v) is 8.46. The van der Waals surface area contributed by atoms with E-state index in [1.54, 1.807) is 22.9 Å². The van der Waals surface area contributed by atoms with Crippen LogP contribution in [0.4, 0.5) is 4.39 Å². The molecule has 0 radical (unpaired) electrons. The van der Waals surface area contributed by atoms with Crippen LogP contribution >= 0.6 is 11.6 Å². The van der Waals surface area contributed by atoms with E-state index in [0.29, 0.717) is 16.4 Å². The number of imidazole rings is 1. The van der Waals surface area contributed by atoms with Gasteiger partial charge in [0, 0.05) is 22.6 Å². The molecular weight excluding hydrogens is 325 g/mol. The maximum atomic E-state index is 13.9. The van der Waals surface area contributed by atoms with Crippen molar-refractivity contribution in [2.24, 2.45) is 0 Å². The number of aromatic nitrogens is 2. The molecule has 0 aliphatic heterocycles. The van der Waals surface area contributed by atoms with Crippen molar-refractivity contribution in [3.8, 4) is 5.69 Å². The van der Waals surface area contributed by atoms with Crippen LogP contribution in [0.15, 0.2) is 30.7 Å². The molecule has 2 aromatic rings. The minimum absolute atomic E-state index is 0.211. The quantitative estimate of drug-likeness (QED) is 0.859. The summed E-state index contributed by atoms with van der Waals surface area (Å²) >= 11 is 4.55. The Hall–Kier alpha value is -1.08. The molecule has 7 heteroatoms. The Kier molecular flexibility index (Phi) is 5.17. The summed E-state index contributed by atoms with van der Waals surface area (Å²) in [5.41, 5.74) is 1.05. The van der Waals surface area contributed by atoms with E-state index in [1.165, 1.54) is 12.4 Å². The summed E-state index contributed by atoms with van der Waals surface area (Å²) in [7, 11) is 0. The summed E-state index contributed by atoms with van der Waals surface area (Å²) in [5, 5.41) is 0.345. The first-order valence-electron chi connectivity index (χ1n) is 6.86.